The van der Waals surface area contributed by atoms with Crippen molar-refractivity contribution >= 4 is 34.8 Å². The van der Waals surface area contributed by atoms with Gasteiger partial charge in [-0.05, 0) is 53.1 Å². The van der Waals surface area contributed by atoms with E-state index in [-0.39, 0.29) is 11.7 Å². The first-order valence-corrected chi connectivity index (χ1v) is 10.6. The van der Waals surface area contributed by atoms with Gasteiger partial charge in [-0.15, -0.1) is 0 Å². The van der Waals surface area contributed by atoms with Crippen molar-refractivity contribution in [3.8, 4) is 0 Å². The number of carbonyl (C=O) groups excluding carboxylic acids is 1. The summed E-state index contributed by atoms with van der Waals surface area (Å²) in [7, 11) is 0. The highest BCUT2D eigenvalue weighted by Crippen LogP contribution is 2.54. The molecule has 1 heterocycles. The molecule has 1 aliphatic heterocycles. The predicted molar refractivity (Wildman–Crippen MR) is 121 cm³/mol. The van der Waals surface area contributed by atoms with Gasteiger partial charge in [0.15, 0.2) is 0 Å². The van der Waals surface area contributed by atoms with E-state index in [0.717, 1.165) is 16.8 Å². The maximum atomic E-state index is 15.0. The molecule has 0 unspecified atom stereocenters. The Hall–Kier alpha value is -2.36. The van der Waals surface area contributed by atoms with Crippen LogP contribution in [-0.4, -0.2) is 5.91 Å². The molecule has 3 aromatic carbocycles. The van der Waals surface area contributed by atoms with Gasteiger partial charge in [0.05, 0.1) is 6.04 Å². The van der Waals surface area contributed by atoms with Crippen molar-refractivity contribution in [3.05, 3.63) is 99.3 Å². The fraction of sp³-hybridized carbons (Fsp3) is 0.240. The van der Waals surface area contributed by atoms with E-state index in [1.807, 2.05) is 51.1 Å². The summed E-state index contributed by atoms with van der Waals surface area (Å²) in [6.07, 6.45) is 0. The van der Waals surface area contributed by atoms with Crippen molar-refractivity contribution < 1.29 is 9.18 Å². The molecule has 0 spiro atoms. The summed E-state index contributed by atoms with van der Waals surface area (Å²) in [6.45, 7) is 5.67. The van der Waals surface area contributed by atoms with Gasteiger partial charge in [0.25, 0.3) is 0 Å². The maximum Gasteiger partial charge on any atom is 0.232 e. The molecule has 2 nitrogen and oxygen atoms in total. The van der Waals surface area contributed by atoms with Crippen molar-refractivity contribution in [1.82, 2.24) is 0 Å². The molecule has 1 aliphatic rings. The molecule has 1 amide bonds. The molecule has 154 valence electrons. The second-order valence-electron chi connectivity index (χ2n) is 8.62. The lowest BCUT2D eigenvalue weighted by Crippen LogP contribution is -2.41. The number of hydrogen-bond donors (Lipinski definition) is 0. The Bertz CT molecular complexity index is 1100. The zero-order chi connectivity index (χ0) is 21.6. The Morgan fingerprint density at radius 2 is 1.53 bits per heavy atom. The Balaban J connectivity index is 2.01. The summed E-state index contributed by atoms with van der Waals surface area (Å²) in [5.74, 6) is -0.741. The monoisotopic (exact) mass is 441 g/mol. The quantitative estimate of drug-likeness (QED) is 0.405. The van der Waals surface area contributed by atoms with Gasteiger partial charge in [0.2, 0.25) is 5.91 Å². The zero-order valence-electron chi connectivity index (χ0n) is 17.0. The summed E-state index contributed by atoms with van der Waals surface area (Å²) in [5, 5.41) is 1.16. The average molecular weight is 442 g/mol. The third kappa shape index (κ3) is 3.61. The third-order valence-electron chi connectivity index (χ3n) is 5.49. The van der Waals surface area contributed by atoms with Gasteiger partial charge in [-0.25, -0.2) is 4.39 Å². The number of amides is 1. The van der Waals surface area contributed by atoms with Crippen LogP contribution in [0.25, 0.3) is 0 Å². The second kappa shape index (κ2) is 7.72. The van der Waals surface area contributed by atoms with Crippen LogP contribution in [0.3, 0.4) is 0 Å². The second-order valence-corrected chi connectivity index (χ2v) is 9.50. The minimum atomic E-state index is -0.619. The smallest absolute Gasteiger partial charge is 0.232 e. The average Bonchev–Trinajstić information content (AvgIpc) is 3.01. The van der Waals surface area contributed by atoms with Crippen LogP contribution in [0.1, 0.15) is 49.4 Å². The summed E-state index contributed by atoms with van der Waals surface area (Å²) in [6, 6.07) is 19.1. The first-order valence-electron chi connectivity index (χ1n) is 9.81. The Morgan fingerprint density at radius 1 is 0.900 bits per heavy atom. The van der Waals surface area contributed by atoms with Crippen LogP contribution in [0, 0.1) is 11.2 Å². The molecule has 5 heteroatoms. The highest BCUT2D eigenvalue weighted by Gasteiger charge is 2.46. The highest BCUT2D eigenvalue weighted by molar-refractivity contribution is 6.31. The van der Waals surface area contributed by atoms with E-state index >= 15 is 0 Å². The molecule has 0 saturated carbocycles. The number of benzene rings is 3. The molecule has 30 heavy (non-hydrogen) atoms. The Labute approximate surface area is 186 Å². The largest absolute Gasteiger partial charge is 0.303 e. The van der Waals surface area contributed by atoms with Gasteiger partial charge in [0.1, 0.15) is 5.82 Å². The van der Waals surface area contributed by atoms with Crippen LogP contribution < -0.4 is 4.90 Å². The van der Waals surface area contributed by atoms with Crippen molar-refractivity contribution in [2.75, 3.05) is 4.90 Å². The van der Waals surface area contributed by atoms with Crippen LogP contribution in [0.2, 0.25) is 10.0 Å². The number of fused-ring (bicyclic) bond motifs is 1. The molecule has 0 fully saturated rings. The number of halogens is 3. The minimum Gasteiger partial charge on any atom is -0.303 e. The van der Waals surface area contributed by atoms with Crippen LogP contribution in [0.4, 0.5) is 10.1 Å². The van der Waals surface area contributed by atoms with E-state index in [4.69, 9.17) is 23.2 Å². The first kappa shape index (κ1) is 20.9. The summed E-state index contributed by atoms with van der Waals surface area (Å²) in [5.41, 5.74) is 2.39. The molecule has 4 rings (SSSR count). The van der Waals surface area contributed by atoms with Gasteiger partial charge >= 0.3 is 0 Å². The van der Waals surface area contributed by atoms with E-state index in [0.29, 0.717) is 15.6 Å². The van der Waals surface area contributed by atoms with Gasteiger partial charge in [0, 0.05) is 27.1 Å². The molecular weight excluding hydrogens is 420 g/mol. The van der Waals surface area contributed by atoms with Crippen molar-refractivity contribution in [2.24, 2.45) is 5.41 Å². The third-order valence-corrected chi connectivity index (χ3v) is 5.98. The maximum absolute atomic E-state index is 15.0. The standard InChI is InChI=1S/C25H22Cl2FNO/c1-25(2,3)24(30)29-21-13-12-17(27)14-19(21)22(18-6-4-5-7-20(18)28)23(29)15-8-10-16(26)11-9-15/h4-14,22-23H,1-3H3/t22-,23+/m1/s1. The molecule has 3 aromatic rings. The fourth-order valence-corrected chi connectivity index (χ4v) is 4.43. The topological polar surface area (TPSA) is 20.3 Å². The lowest BCUT2D eigenvalue weighted by molar-refractivity contribution is -0.126. The molecule has 2 atom stereocenters. The van der Waals surface area contributed by atoms with E-state index in [9.17, 15) is 9.18 Å². The first-order chi connectivity index (χ1) is 14.2. The number of rotatable bonds is 2. The summed E-state index contributed by atoms with van der Waals surface area (Å²) in [4.78, 5) is 15.4. The van der Waals surface area contributed by atoms with Crippen molar-refractivity contribution in [3.63, 3.8) is 0 Å². The van der Waals surface area contributed by atoms with Gasteiger partial charge in [-0.2, -0.15) is 0 Å². The van der Waals surface area contributed by atoms with E-state index in [1.54, 1.807) is 35.2 Å². The van der Waals surface area contributed by atoms with Gasteiger partial charge < -0.3 is 4.90 Å². The van der Waals surface area contributed by atoms with E-state index in [1.165, 1.54) is 6.07 Å². The predicted octanol–water partition coefficient (Wildman–Crippen LogP) is 7.40. The number of hydrogen-bond acceptors (Lipinski definition) is 1. The lowest BCUT2D eigenvalue weighted by atomic mass is 9.83. The van der Waals surface area contributed by atoms with Crippen molar-refractivity contribution in [2.45, 2.75) is 32.7 Å². The fourth-order valence-electron chi connectivity index (χ4n) is 4.13. The Kier molecular flexibility index (Phi) is 5.37. The number of nitrogens with zero attached hydrogens (tertiary/aromatic N) is 1. The van der Waals surface area contributed by atoms with E-state index in [2.05, 4.69) is 0 Å². The molecule has 0 radical (unpaired) electrons. The number of carbonyl (C=O) groups is 1. The Morgan fingerprint density at radius 3 is 2.17 bits per heavy atom. The minimum absolute atomic E-state index is 0.0372. The lowest BCUT2D eigenvalue weighted by Gasteiger charge is -2.34. The molecular formula is C25H22Cl2FNO. The molecule has 0 N–H and O–H groups in total. The summed E-state index contributed by atoms with van der Waals surface area (Å²) >= 11 is 12.5. The molecule has 0 saturated heterocycles. The van der Waals surface area contributed by atoms with Crippen LogP contribution in [0.15, 0.2) is 66.7 Å². The zero-order valence-corrected chi connectivity index (χ0v) is 18.5. The summed E-state index contributed by atoms with van der Waals surface area (Å²) < 4.78 is 15.0. The van der Waals surface area contributed by atoms with Crippen molar-refractivity contribution in [1.29, 1.82) is 0 Å². The van der Waals surface area contributed by atoms with Gasteiger partial charge in [-0.3, -0.25) is 4.79 Å². The SMILES string of the molecule is CC(C)(C)C(=O)N1c2ccc(Cl)cc2[C@@H](c2ccccc2F)[C@@H]1c1ccc(Cl)cc1. The van der Waals surface area contributed by atoms with Crippen LogP contribution >= 0.6 is 23.2 Å². The molecule has 0 aromatic heterocycles. The van der Waals surface area contributed by atoms with E-state index < -0.39 is 17.4 Å². The van der Waals surface area contributed by atoms with Crippen LogP contribution in [0.5, 0.6) is 0 Å². The normalized spacial score (nSPS) is 18.4. The molecule has 0 bridgehead atoms. The highest BCUT2D eigenvalue weighted by atomic mass is 35.5. The number of anilines is 1. The molecule has 0 aliphatic carbocycles. The van der Waals surface area contributed by atoms with Gasteiger partial charge in [-0.1, -0.05) is 74.3 Å². The van der Waals surface area contributed by atoms with Crippen LogP contribution in [-0.2, 0) is 4.79 Å².